The lowest BCUT2D eigenvalue weighted by atomic mass is 10.1. The van der Waals surface area contributed by atoms with Crippen molar-refractivity contribution >= 4 is 6.03 Å². The van der Waals surface area contributed by atoms with Gasteiger partial charge in [-0.25, -0.2) is 4.79 Å². The van der Waals surface area contributed by atoms with E-state index in [9.17, 15) is 4.79 Å². The second-order valence-electron chi connectivity index (χ2n) is 6.73. The van der Waals surface area contributed by atoms with Crippen molar-refractivity contribution in [3.8, 4) is 5.75 Å². The van der Waals surface area contributed by atoms with Crippen molar-refractivity contribution in [2.45, 2.75) is 12.5 Å². The molecule has 0 spiro atoms. The van der Waals surface area contributed by atoms with E-state index in [1.165, 1.54) is 5.56 Å². The Morgan fingerprint density at radius 1 is 1.17 bits per heavy atom. The van der Waals surface area contributed by atoms with Crippen molar-refractivity contribution in [2.24, 2.45) is 0 Å². The van der Waals surface area contributed by atoms with E-state index in [0.29, 0.717) is 12.6 Å². The lowest BCUT2D eigenvalue weighted by Crippen LogP contribution is -2.63. The lowest BCUT2D eigenvalue weighted by molar-refractivity contribution is 0.0331. The third-order valence-corrected chi connectivity index (χ3v) is 5.03. The van der Waals surface area contributed by atoms with Gasteiger partial charge in [0.25, 0.3) is 0 Å². The minimum Gasteiger partial charge on any atom is -0.497 e. The summed E-state index contributed by atoms with van der Waals surface area (Å²) < 4.78 is 5.16. The maximum absolute atomic E-state index is 12.4. The standard InChI is InChI=1S/C18H28N4O2/c1-20-9-10-21-11-12-22(14-16(21)13-20)18(23)19-8-7-15-3-5-17(24-2)6-4-15/h3-6,16H,7-14H2,1-2H3,(H,19,23)/t16-/m0/s1. The largest absolute Gasteiger partial charge is 0.497 e. The maximum atomic E-state index is 12.4. The van der Waals surface area contributed by atoms with Crippen LogP contribution < -0.4 is 10.1 Å². The van der Waals surface area contributed by atoms with Gasteiger partial charge in [0.1, 0.15) is 5.75 Å². The maximum Gasteiger partial charge on any atom is 0.317 e. The molecule has 2 amide bonds. The summed E-state index contributed by atoms with van der Waals surface area (Å²) in [5.74, 6) is 0.859. The molecule has 2 fully saturated rings. The SMILES string of the molecule is COc1ccc(CCNC(=O)N2CCN3CCN(C)C[C@H]3C2)cc1. The van der Waals surface area contributed by atoms with Crippen LogP contribution >= 0.6 is 0 Å². The molecule has 2 aliphatic rings. The molecule has 0 bridgehead atoms. The number of nitrogens with zero attached hydrogens (tertiary/aromatic N) is 3. The van der Waals surface area contributed by atoms with Crippen molar-refractivity contribution in [1.82, 2.24) is 20.0 Å². The molecule has 0 radical (unpaired) electrons. The highest BCUT2D eigenvalue weighted by Crippen LogP contribution is 2.15. The Balaban J connectivity index is 1.43. The molecule has 1 aromatic rings. The summed E-state index contributed by atoms with van der Waals surface area (Å²) in [4.78, 5) is 19.2. The molecular weight excluding hydrogens is 304 g/mol. The predicted molar refractivity (Wildman–Crippen MR) is 94.5 cm³/mol. The number of ether oxygens (including phenoxy) is 1. The fourth-order valence-corrected chi connectivity index (χ4v) is 3.51. The number of carbonyl (C=O) groups is 1. The van der Waals surface area contributed by atoms with Crippen LogP contribution in [0.1, 0.15) is 5.56 Å². The van der Waals surface area contributed by atoms with E-state index in [4.69, 9.17) is 4.74 Å². The van der Waals surface area contributed by atoms with Gasteiger partial charge in [0.15, 0.2) is 0 Å². The van der Waals surface area contributed by atoms with E-state index in [1.807, 2.05) is 29.2 Å². The second kappa shape index (κ2) is 7.85. The fraction of sp³-hybridized carbons (Fsp3) is 0.611. The first-order valence-electron chi connectivity index (χ1n) is 8.74. The Hall–Kier alpha value is -1.79. The predicted octanol–water partition coefficient (Wildman–Crippen LogP) is 0.879. The molecule has 1 aromatic carbocycles. The van der Waals surface area contributed by atoms with Crippen LogP contribution in [0.4, 0.5) is 4.79 Å². The summed E-state index contributed by atoms with van der Waals surface area (Å²) in [5.41, 5.74) is 1.20. The Kier molecular flexibility index (Phi) is 5.58. The normalized spacial score (nSPS) is 22.1. The number of methoxy groups -OCH3 is 1. The van der Waals surface area contributed by atoms with Crippen LogP contribution in [0.5, 0.6) is 5.75 Å². The highest BCUT2D eigenvalue weighted by molar-refractivity contribution is 5.74. The van der Waals surface area contributed by atoms with Gasteiger partial charge in [-0.15, -0.1) is 0 Å². The van der Waals surface area contributed by atoms with Gasteiger partial charge in [-0.1, -0.05) is 12.1 Å². The molecule has 0 aromatic heterocycles. The number of hydrogen-bond donors (Lipinski definition) is 1. The number of rotatable bonds is 4. The van der Waals surface area contributed by atoms with Gasteiger partial charge in [0, 0.05) is 51.9 Å². The summed E-state index contributed by atoms with van der Waals surface area (Å²) >= 11 is 0. The first-order valence-corrected chi connectivity index (χ1v) is 8.74. The van der Waals surface area contributed by atoms with Crippen molar-refractivity contribution in [2.75, 3.05) is 60.0 Å². The Labute approximate surface area is 144 Å². The molecule has 0 aliphatic carbocycles. The van der Waals surface area contributed by atoms with Crippen molar-refractivity contribution in [1.29, 1.82) is 0 Å². The van der Waals surface area contributed by atoms with Crippen molar-refractivity contribution < 1.29 is 9.53 Å². The highest BCUT2D eigenvalue weighted by Gasteiger charge is 2.32. The quantitative estimate of drug-likeness (QED) is 0.889. The number of piperazine rings is 2. The van der Waals surface area contributed by atoms with Crippen molar-refractivity contribution in [3.63, 3.8) is 0 Å². The summed E-state index contributed by atoms with van der Waals surface area (Å²) in [6.45, 7) is 6.61. The number of urea groups is 1. The first kappa shape index (κ1) is 17.0. The minimum atomic E-state index is 0.0661. The monoisotopic (exact) mass is 332 g/mol. The number of carbonyl (C=O) groups excluding carboxylic acids is 1. The number of benzene rings is 1. The number of fused-ring (bicyclic) bond motifs is 1. The molecule has 24 heavy (non-hydrogen) atoms. The Bertz CT molecular complexity index is 548. The fourth-order valence-electron chi connectivity index (χ4n) is 3.51. The van der Waals surface area contributed by atoms with Crippen LogP contribution in [0.25, 0.3) is 0 Å². The van der Waals surface area contributed by atoms with Crippen LogP contribution in [-0.2, 0) is 6.42 Å². The first-order chi connectivity index (χ1) is 11.7. The molecule has 6 heteroatoms. The number of nitrogens with one attached hydrogen (secondary N) is 1. The molecule has 1 N–H and O–H groups in total. The van der Waals surface area contributed by atoms with Gasteiger partial charge in [-0.05, 0) is 31.2 Å². The molecule has 2 heterocycles. The van der Waals surface area contributed by atoms with Crippen LogP contribution in [0.15, 0.2) is 24.3 Å². The van der Waals surface area contributed by atoms with Gasteiger partial charge >= 0.3 is 6.03 Å². The smallest absolute Gasteiger partial charge is 0.317 e. The Morgan fingerprint density at radius 2 is 1.92 bits per heavy atom. The van der Waals surface area contributed by atoms with E-state index in [-0.39, 0.29) is 6.03 Å². The zero-order valence-corrected chi connectivity index (χ0v) is 14.7. The molecule has 3 rings (SSSR count). The minimum absolute atomic E-state index is 0.0661. The molecule has 2 aliphatic heterocycles. The van der Waals surface area contributed by atoms with Crippen molar-refractivity contribution in [3.05, 3.63) is 29.8 Å². The summed E-state index contributed by atoms with van der Waals surface area (Å²) in [5, 5.41) is 3.06. The zero-order valence-electron chi connectivity index (χ0n) is 14.7. The highest BCUT2D eigenvalue weighted by atomic mass is 16.5. The molecule has 1 atom stereocenters. The van der Waals surface area contributed by atoms with Crippen LogP contribution in [-0.4, -0.2) is 86.7 Å². The third-order valence-electron chi connectivity index (χ3n) is 5.03. The molecule has 132 valence electrons. The van der Waals surface area contributed by atoms with E-state index < -0.39 is 0 Å². The second-order valence-corrected chi connectivity index (χ2v) is 6.73. The molecule has 2 saturated heterocycles. The van der Waals surface area contributed by atoms with Gasteiger partial charge < -0.3 is 19.9 Å². The van der Waals surface area contributed by atoms with Crippen LogP contribution in [0, 0.1) is 0 Å². The summed E-state index contributed by atoms with van der Waals surface area (Å²) in [6, 6.07) is 8.54. The number of likely N-dealkylation sites (N-methyl/N-ethyl adjacent to an activating group) is 1. The van der Waals surface area contributed by atoms with Gasteiger partial charge in [0.2, 0.25) is 0 Å². The van der Waals surface area contributed by atoms with E-state index >= 15 is 0 Å². The van der Waals surface area contributed by atoms with Crippen LogP contribution in [0.3, 0.4) is 0 Å². The van der Waals surface area contributed by atoms with Gasteiger partial charge in [-0.3, -0.25) is 4.90 Å². The van der Waals surface area contributed by atoms with E-state index in [0.717, 1.165) is 51.4 Å². The summed E-state index contributed by atoms with van der Waals surface area (Å²) in [7, 11) is 3.82. The zero-order chi connectivity index (χ0) is 16.9. The topological polar surface area (TPSA) is 48.1 Å². The molecule has 0 saturated carbocycles. The van der Waals surface area contributed by atoms with Gasteiger partial charge in [0.05, 0.1) is 7.11 Å². The molecule has 6 nitrogen and oxygen atoms in total. The van der Waals surface area contributed by atoms with E-state index in [1.54, 1.807) is 7.11 Å². The summed E-state index contributed by atoms with van der Waals surface area (Å²) in [6.07, 6.45) is 0.835. The van der Waals surface area contributed by atoms with E-state index in [2.05, 4.69) is 22.2 Å². The van der Waals surface area contributed by atoms with Gasteiger partial charge in [-0.2, -0.15) is 0 Å². The molecule has 0 unspecified atom stereocenters. The molecular formula is C18H28N4O2. The third kappa shape index (κ3) is 4.19. The number of amides is 2. The average Bonchev–Trinajstić information content (AvgIpc) is 2.61. The number of hydrogen-bond acceptors (Lipinski definition) is 4. The van der Waals surface area contributed by atoms with Crippen LogP contribution in [0.2, 0.25) is 0 Å². The lowest BCUT2D eigenvalue weighted by Gasteiger charge is -2.46. The Morgan fingerprint density at radius 3 is 2.67 bits per heavy atom. The average molecular weight is 332 g/mol.